The third kappa shape index (κ3) is 3.49. The third-order valence-electron chi connectivity index (χ3n) is 4.21. The van der Waals surface area contributed by atoms with Crippen LogP contribution in [0.3, 0.4) is 0 Å². The minimum Gasteiger partial charge on any atom is -0.468 e. The highest BCUT2D eigenvalue weighted by Crippen LogP contribution is 2.24. The summed E-state index contributed by atoms with van der Waals surface area (Å²) in [6, 6.07) is 9.08. The van der Waals surface area contributed by atoms with Crippen LogP contribution in [0, 0.1) is 0 Å². The lowest BCUT2D eigenvalue weighted by molar-refractivity contribution is -0.116. The van der Waals surface area contributed by atoms with Crippen molar-refractivity contribution in [2.45, 2.75) is 18.9 Å². The van der Waals surface area contributed by atoms with Crippen LogP contribution in [0.5, 0.6) is 0 Å². The fourth-order valence-electron chi connectivity index (χ4n) is 2.83. The summed E-state index contributed by atoms with van der Waals surface area (Å²) in [5, 5.41) is 5.78. The van der Waals surface area contributed by atoms with E-state index in [0.29, 0.717) is 24.9 Å². The number of carbonyl (C=O) groups excluding carboxylic acids is 2. The van der Waals surface area contributed by atoms with Crippen LogP contribution in [0.2, 0.25) is 0 Å². The lowest BCUT2D eigenvalue weighted by Crippen LogP contribution is -2.34. The monoisotopic (exact) mass is 327 g/mol. The molecule has 6 nitrogen and oxygen atoms in total. The van der Waals surface area contributed by atoms with Gasteiger partial charge < -0.3 is 15.1 Å². The van der Waals surface area contributed by atoms with Crippen LogP contribution in [0.15, 0.2) is 41.0 Å². The molecule has 1 aromatic heterocycles. The zero-order valence-corrected chi connectivity index (χ0v) is 13.8. The van der Waals surface area contributed by atoms with Crippen LogP contribution in [-0.4, -0.2) is 37.4 Å². The molecule has 1 aliphatic heterocycles. The molecule has 0 saturated heterocycles. The molecule has 0 saturated carbocycles. The summed E-state index contributed by atoms with van der Waals surface area (Å²) >= 11 is 0. The Hall–Kier alpha value is -2.60. The van der Waals surface area contributed by atoms with Gasteiger partial charge >= 0.3 is 0 Å². The fourth-order valence-corrected chi connectivity index (χ4v) is 2.83. The maximum atomic E-state index is 12.4. The number of anilines is 1. The molecule has 2 aromatic rings. The molecule has 1 atom stereocenters. The quantitative estimate of drug-likeness (QED) is 0.883. The SMILES string of the molecule is CN(C)[C@@H](CNC(=O)c1ccc2c(c1)CCC(=O)N2)c1ccco1. The van der Waals surface area contributed by atoms with Gasteiger partial charge in [0, 0.05) is 24.2 Å². The van der Waals surface area contributed by atoms with Gasteiger partial charge in [-0.3, -0.25) is 14.5 Å². The Kier molecular flexibility index (Phi) is 4.66. The van der Waals surface area contributed by atoms with Gasteiger partial charge in [0.2, 0.25) is 5.91 Å². The summed E-state index contributed by atoms with van der Waals surface area (Å²) < 4.78 is 5.45. The number of hydrogen-bond donors (Lipinski definition) is 2. The molecule has 3 rings (SSSR count). The number of nitrogens with one attached hydrogen (secondary N) is 2. The predicted molar refractivity (Wildman–Crippen MR) is 90.9 cm³/mol. The van der Waals surface area contributed by atoms with E-state index in [1.165, 1.54) is 0 Å². The fraction of sp³-hybridized carbons (Fsp3) is 0.333. The number of likely N-dealkylation sites (N-methyl/N-ethyl adjacent to an activating group) is 1. The van der Waals surface area contributed by atoms with Gasteiger partial charge in [0.25, 0.3) is 5.91 Å². The van der Waals surface area contributed by atoms with Crippen molar-refractivity contribution in [2.24, 2.45) is 0 Å². The van der Waals surface area contributed by atoms with Gasteiger partial charge in [0.1, 0.15) is 5.76 Å². The van der Waals surface area contributed by atoms with E-state index in [1.54, 1.807) is 18.4 Å². The van der Waals surface area contributed by atoms with Gasteiger partial charge in [-0.2, -0.15) is 0 Å². The Morgan fingerprint density at radius 2 is 2.17 bits per heavy atom. The van der Waals surface area contributed by atoms with E-state index in [2.05, 4.69) is 10.6 Å². The first-order chi connectivity index (χ1) is 11.5. The van der Waals surface area contributed by atoms with E-state index in [1.807, 2.05) is 37.2 Å². The lowest BCUT2D eigenvalue weighted by Gasteiger charge is -2.23. The Bertz CT molecular complexity index is 738. The molecular weight excluding hydrogens is 306 g/mol. The molecule has 0 bridgehead atoms. The molecule has 0 aliphatic carbocycles. The first kappa shape index (κ1) is 16.3. The number of carbonyl (C=O) groups is 2. The molecule has 126 valence electrons. The second-order valence-corrected chi connectivity index (χ2v) is 6.12. The van der Waals surface area contributed by atoms with Crippen molar-refractivity contribution in [1.29, 1.82) is 0 Å². The van der Waals surface area contributed by atoms with Crippen LogP contribution in [0.1, 0.15) is 34.1 Å². The minimum absolute atomic E-state index is 0.0203. The third-order valence-corrected chi connectivity index (χ3v) is 4.21. The molecule has 1 aromatic carbocycles. The van der Waals surface area contributed by atoms with Gasteiger partial charge in [0.05, 0.1) is 12.3 Å². The zero-order chi connectivity index (χ0) is 17.1. The summed E-state index contributed by atoms with van der Waals surface area (Å²) in [6.07, 6.45) is 2.75. The van der Waals surface area contributed by atoms with Crippen LogP contribution < -0.4 is 10.6 Å². The van der Waals surface area contributed by atoms with Crippen molar-refractivity contribution < 1.29 is 14.0 Å². The first-order valence-electron chi connectivity index (χ1n) is 7.95. The lowest BCUT2D eigenvalue weighted by atomic mass is 10.00. The van der Waals surface area contributed by atoms with Crippen LogP contribution in [-0.2, 0) is 11.2 Å². The molecule has 6 heteroatoms. The van der Waals surface area contributed by atoms with Crippen LogP contribution in [0.25, 0.3) is 0 Å². The molecule has 2 N–H and O–H groups in total. The highest BCUT2D eigenvalue weighted by Gasteiger charge is 2.20. The Morgan fingerprint density at radius 3 is 2.88 bits per heavy atom. The van der Waals surface area contributed by atoms with E-state index >= 15 is 0 Å². The molecule has 24 heavy (non-hydrogen) atoms. The largest absolute Gasteiger partial charge is 0.468 e. The summed E-state index contributed by atoms with van der Waals surface area (Å²) in [5.74, 6) is 0.702. The van der Waals surface area contributed by atoms with E-state index in [9.17, 15) is 9.59 Å². The number of fused-ring (bicyclic) bond motifs is 1. The van der Waals surface area contributed by atoms with Crippen molar-refractivity contribution in [3.05, 3.63) is 53.5 Å². The van der Waals surface area contributed by atoms with E-state index in [4.69, 9.17) is 4.42 Å². The predicted octanol–water partition coefficient (Wildman–Crippen LogP) is 2.20. The highest BCUT2D eigenvalue weighted by atomic mass is 16.3. The topological polar surface area (TPSA) is 74.6 Å². The van der Waals surface area contributed by atoms with Crippen molar-refractivity contribution in [1.82, 2.24) is 10.2 Å². The van der Waals surface area contributed by atoms with Gasteiger partial charge in [-0.05, 0) is 56.4 Å². The van der Waals surface area contributed by atoms with Gasteiger partial charge in [-0.1, -0.05) is 0 Å². The summed E-state index contributed by atoms with van der Waals surface area (Å²) in [4.78, 5) is 25.8. The van der Waals surface area contributed by atoms with Crippen molar-refractivity contribution in [3.63, 3.8) is 0 Å². The average Bonchev–Trinajstić information content (AvgIpc) is 3.08. The second-order valence-electron chi connectivity index (χ2n) is 6.12. The van der Waals surface area contributed by atoms with E-state index in [-0.39, 0.29) is 17.9 Å². The van der Waals surface area contributed by atoms with Gasteiger partial charge in [-0.15, -0.1) is 0 Å². The van der Waals surface area contributed by atoms with Gasteiger partial charge in [0.15, 0.2) is 0 Å². The average molecular weight is 327 g/mol. The Balaban J connectivity index is 1.68. The van der Waals surface area contributed by atoms with Crippen molar-refractivity contribution in [3.8, 4) is 0 Å². The number of furan rings is 1. The second kappa shape index (κ2) is 6.88. The number of benzene rings is 1. The number of amides is 2. The maximum absolute atomic E-state index is 12.4. The Labute approximate surface area is 140 Å². The van der Waals surface area contributed by atoms with Crippen LogP contribution in [0.4, 0.5) is 5.69 Å². The van der Waals surface area contributed by atoms with Crippen molar-refractivity contribution >= 4 is 17.5 Å². The molecular formula is C18H21N3O3. The smallest absolute Gasteiger partial charge is 0.251 e. The molecule has 2 heterocycles. The van der Waals surface area contributed by atoms with Gasteiger partial charge in [-0.25, -0.2) is 0 Å². The number of nitrogens with zero attached hydrogens (tertiary/aromatic N) is 1. The molecule has 0 fully saturated rings. The minimum atomic E-state index is -0.131. The maximum Gasteiger partial charge on any atom is 0.251 e. The summed E-state index contributed by atoms with van der Waals surface area (Å²) in [7, 11) is 3.89. The molecule has 0 spiro atoms. The number of aryl methyl sites for hydroxylation is 1. The zero-order valence-electron chi connectivity index (χ0n) is 13.8. The summed E-state index contributed by atoms with van der Waals surface area (Å²) in [6.45, 7) is 0.452. The van der Waals surface area contributed by atoms with E-state index < -0.39 is 0 Å². The molecule has 2 amide bonds. The Morgan fingerprint density at radius 1 is 1.33 bits per heavy atom. The van der Waals surface area contributed by atoms with E-state index in [0.717, 1.165) is 17.0 Å². The summed E-state index contributed by atoms with van der Waals surface area (Å²) in [5.41, 5.74) is 2.39. The van der Waals surface area contributed by atoms with Crippen LogP contribution >= 0.6 is 0 Å². The highest BCUT2D eigenvalue weighted by molar-refractivity contribution is 5.97. The van der Waals surface area contributed by atoms with Crippen molar-refractivity contribution in [2.75, 3.05) is 26.0 Å². The molecule has 0 radical (unpaired) electrons. The molecule has 1 aliphatic rings. The first-order valence-corrected chi connectivity index (χ1v) is 7.95. The normalized spacial score (nSPS) is 14.9. The number of hydrogen-bond acceptors (Lipinski definition) is 4. The number of rotatable bonds is 5. The standard InChI is InChI=1S/C18H21N3O3/c1-21(2)15(16-4-3-9-24-16)11-19-18(23)13-5-7-14-12(10-13)6-8-17(22)20-14/h3-5,7,9-10,15H,6,8,11H2,1-2H3,(H,19,23)(H,20,22)/t15-/m0/s1. The molecule has 0 unspecified atom stereocenters.